The molecule has 2 atom stereocenters. The largest absolute Gasteiger partial charge is 0.379 e. The Balaban J connectivity index is 4.46. The minimum absolute atomic E-state index is 0.156. The van der Waals surface area contributed by atoms with Crippen LogP contribution in [0.5, 0.6) is 0 Å². The van der Waals surface area contributed by atoms with Crippen molar-refractivity contribution in [2.75, 3.05) is 13.7 Å². The maximum atomic E-state index is 5.62. The smallest absolute Gasteiger partial charge is 0.0775 e. The molecule has 0 fully saturated rings. The predicted octanol–water partition coefficient (Wildman–Crippen LogP) is 2.99. The molecule has 0 saturated carbocycles. The summed E-state index contributed by atoms with van der Waals surface area (Å²) in [5.41, 5.74) is 0.156. The lowest BCUT2D eigenvalue weighted by molar-refractivity contribution is -0.0103. The second-order valence-electron chi connectivity index (χ2n) is 5.11. The van der Waals surface area contributed by atoms with Gasteiger partial charge in [-0.1, -0.05) is 33.8 Å². The maximum absolute atomic E-state index is 5.62. The molecule has 0 aliphatic rings. The molecule has 0 aromatic rings. The van der Waals surface area contributed by atoms with E-state index in [4.69, 9.17) is 4.74 Å². The van der Waals surface area contributed by atoms with Crippen LogP contribution in [-0.2, 0) is 4.74 Å². The van der Waals surface area contributed by atoms with Gasteiger partial charge in [-0.3, -0.25) is 0 Å². The van der Waals surface area contributed by atoms with Crippen molar-refractivity contribution >= 4 is 0 Å². The summed E-state index contributed by atoms with van der Waals surface area (Å²) in [4.78, 5) is 0. The van der Waals surface area contributed by atoms with E-state index in [1.54, 1.807) is 7.11 Å². The van der Waals surface area contributed by atoms with Crippen molar-refractivity contribution in [3.63, 3.8) is 0 Å². The van der Waals surface area contributed by atoms with E-state index in [2.05, 4.69) is 39.6 Å². The second-order valence-corrected chi connectivity index (χ2v) is 5.11. The van der Waals surface area contributed by atoms with E-state index in [1.807, 2.05) is 6.08 Å². The van der Waals surface area contributed by atoms with Crippen LogP contribution in [0, 0.1) is 5.41 Å². The quantitative estimate of drug-likeness (QED) is 0.656. The molecule has 2 unspecified atom stereocenters. The summed E-state index contributed by atoms with van der Waals surface area (Å²) in [5, 5.41) is 3.53. The van der Waals surface area contributed by atoms with Gasteiger partial charge < -0.3 is 10.1 Å². The number of hydrogen-bond donors (Lipinski definition) is 1. The molecule has 0 spiro atoms. The van der Waals surface area contributed by atoms with Gasteiger partial charge in [0, 0.05) is 13.2 Å². The van der Waals surface area contributed by atoms with Crippen LogP contribution in [0.15, 0.2) is 12.7 Å². The van der Waals surface area contributed by atoms with Gasteiger partial charge in [0.2, 0.25) is 0 Å². The molecule has 1 N–H and O–H groups in total. The van der Waals surface area contributed by atoms with E-state index in [0.29, 0.717) is 6.04 Å². The van der Waals surface area contributed by atoms with Crippen molar-refractivity contribution in [2.45, 2.75) is 52.7 Å². The SMILES string of the molecule is C=CCC(NCCC)C(OC)C(C)(C)C. The molecular weight excluding hydrogens is 186 g/mol. The van der Waals surface area contributed by atoms with Gasteiger partial charge in [0.05, 0.1) is 6.10 Å². The van der Waals surface area contributed by atoms with E-state index < -0.39 is 0 Å². The first-order valence-corrected chi connectivity index (χ1v) is 5.84. The average molecular weight is 213 g/mol. The predicted molar refractivity (Wildman–Crippen MR) is 67.1 cm³/mol. The lowest BCUT2D eigenvalue weighted by Crippen LogP contribution is -2.47. The van der Waals surface area contributed by atoms with Crippen LogP contribution in [0.25, 0.3) is 0 Å². The fourth-order valence-corrected chi connectivity index (χ4v) is 1.94. The van der Waals surface area contributed by atoms with Crippen molar-refractivity contribution < 1.29 is 4.74 Å². The zero-order chi connectivity index (χ0) is 11.9. The van der Waals surface area contributed by atoms with Crippen LogP contribution in [0.2, 0.25) is 0 Å². The Morgan fingerprint density at radius 1 is 1.40 bits per heavy atom. The van der Waals surface area contributed by atoms with Crippen molar-refractivity contribution in [2.24, 2.45) is 5.41 Å². The summed E-state index contributed by atoms with van der Waals surface area (Å²) in [7, 11) is 1.79. The number of ether oxygens (including phenoxy) is 1. The summed E-state index contributed by atoms with van der Waals surface area (Å²) in [6.45, 7) is 13.7. The van der Waals surface area contributed by atoms with Gasteiger partial charge in [-0.15, -0.1) is 6.58 Å². The van der Waals surface area contributed by atoms with Gasteiger partial charge in [-0.2, -0.15) is 0 Å². The van der Waals surface area contributed by atoms with E-state index in [0.717, 1.165) is 19.4 Å². The van der Waals surface area contributed by atoms with Crippen LogP contribution in [0.4, 0.5) is 0 Å². The van der Waals surface area contributed by atoms with Crippen LogP contribution < -0.4 is 5.32 Å². The molecule has 2 nitrogen and oxygen atoms in total. The lowest BCUT2D eigenvalue weighted by atomic mass is 9.83. The molecule has 0 radical (unpaired) electrons. The molecule has 0 aromatic heterocycles. The third-order valence-electron chi connectivity index (χ3n) is 2.55. The second kappa shape index (κ2) is 7.02. The maximum Gasteiger partial charge on any atom is 0.0775 e. The molecule has 0 aromatic carbocycles. The van der Waals surface area contributed by atoms with Gasteiger partial charge in [0.25, 0.3) is 0 Å². The fraction of sp³-hybridized carbons (Fsp3) is 0.846. The van der Waals surface area contributed by atoms with E-state index in [-0.39, 0.29) is 11.5 Å². The number of hydrogen-bond acceptors (Lipinski definition) is 2. The van der Waals surface area contributed by atoms with Crippen molar-refractivity contribution in [3.8, 4) is 0 Å². The first-order chi connectivity index (χ1) is 6.97. The lowest BCUT2D eigenvalue weighted by Gasteiger charge is -2.36. The fourth-order valence-electron chi connectivity index (χ4n) is 1.94. The zero-order valence-corrected chi connectivity index (χ0v) is 11.0. The first kappa shape index (κ1) is 14.7. The normalized spacial score (nSPS) is 16.1. The summed E-state index contributed by atoms with van der Waals surface area (Å²) >= 11 is 0. The molecule has 0 saturated heterocycles. The Morgan fingerprint density at radius 2 is 2.00 bits per heavy atom. The molecular formula is C13H27NO. The molecule has 0 aliphatic carbocycles. The van der Waals surface area contributed by atoms with Crippen molar-refractivity contribution in [1.29, 1.82) is 0 Å². The zero-order valence-electron chi connectivity index (χ0n) is 11.0. The van der Waals surface area contributed by atoms with Crippen LogP contribution in [0.3, 0.4) is 0 Å². The summed E-state index contributed by atoms with van der Waals surface area (Å²) in [5.74, 6) is 0. The highest BCUT2D eigenvalue weighted by molar-refractivity contribution is 4.90. The standard InChI is InChI=1S/C13H27NO/c1-7-9-11(14-10-8-2)12(15-6)13(3,4)5/h7,11-12,14H,1,8-10H2,2-6H3. The van der Waals surface area contributed by atoms with Crippen LogP contribution in [0.1, 0.15) is 40.5 Å². The molecule has 0 amide bonds. The molecule has 0 aliphatic heterocycles. The van der Waals surface area contributed by atoms with Gasteiger partial charge in [0.1, 0.15) is 0 Å². The van der Waals surface area contributed by atoms with Gasteiger partial charge in [0.15, 0.2) is 0 Å². The highest BCUT2D eigenvalue weighted by atomic mass is 16.5. The van der Waals surface area contributed by atoms with Crippen LogP contribution in [-0.4, -0.2) is 25.8 Å². The van der Waals surface area contributed by atoms with Crippen molar-refractivity contribution in [3.05, 3.63) is 12.7 Å². The molecule has 0 rings (SSSR count). The number of rotatable bonds is 7. The topological polar surface area (TPSA) is 21.3 Å². The van der Waals surface area contributed by atoms with E-state index in [9.17, 15) is 0 Å². The number of methoxy groups -OCH3 is 1. The monoisotopic (exact) mass is 213 g/mol. The van der Waals surface area contributed by atoms with Gasteiger partial charge in [-0.25, -0.2) is 0 Å². The Bertz CT molecular complexity index is 172. The Kier molecular flexibility index (Phi) is 6.86. The van der Waals surface area contributed by atoms with Crippen LogP contribution >= 0.6 is 0 Å². The Hall–Kier alpha value is -0.340. The third-order valence-corrected chi connectivity index (χ3v) is 2.55. The van der Waals surface area contributed by atoms with E-state index >= 15 is 0 Å². The average Bonchev–Trinajstić information content (AvgIpc) is 2.13. The van der Waals surface area contributed by atoms with Gasteiger partial charge >= 0.3 is 0 Å². The molecule has 0 heterocycles. The summed E-state index contributed by atoms with van der Waals surface area (Å²) in [6.07, 6.45) is 4.29. The molecule has 90 valence electrons. The summed E-state index contributed by atoms with van der Waals surface area (Å²) in [6, 6.07) is 0.368. The molecule has 0 bridgehead atoms. The third kappa shape index (κ3) is 5.33. The Morgan fingerprint density at radius 3 is 2.33 bits per heavy atom. The highest BCUT2D eigenvalue weighted by Crippen LogP contribution is 2.25. The minimum Gasteiger partial charge on any atom is -0.379 e. The summed E-state index contributed by atoms with van der Waals surface area (Å²) < 4.78 is 5.62. The Labute approximate surface area is 95.1 Å². The minimum atomic E-state index is 0.156. The molecule has 15 heavy (non-hydrogen) atoms. The number of nitrogens with one attached hydrogen (secondary N) is 1. The molecule has 2 heteroatoms. The highest BCUT2D eigenvalue weighted by Gasteiger charge is 2.31. The first-order valence-electron chi connectivity index (χ1n) is 5.84. The van der Waals surface area contributed by atoms with Gasteiger partial charge in [-0.05, 0) is 24.8 Å². The van der Waals surface area contributed by atoms with Crippen molar-refractivity contribution in [1.82, 2.24) is 5.32 Å². The van der Waals surface area contributed by atoms with E-state index in [1.165, 1.54) is 0 Å².